The van der Waals surface area contributed by atoms with Crippen molar-refractivity contribution in [2.75, 3.05) is 12.4 Å². The highest BCUT2D eigenvalue weighted by molar-refractivity contribution is 6.67. The van der Waals surface area contributed by atoms with Gasteiger partial charge in [-0.05, 0) is 12.1 Å². The molecule has 5 nitrogen and oxygen atoms in total. The Balaban J connectivity index is 2.49. The van der Waals surface area contributed by atoms with Gasteiger partial charge in [-0.25, -0.2) is 4.98 Å². The summed E-state index contributed by atoms with van der Waals surface area (Å²) in [5, 5.41) is 2.91. The predicted molar refractivity (Wildman–Crippen MR) is 94.6 cm³/mol. The second-order valence-corrected chi connectivity index (χ2v) is 8.69. The highest BCUT2D eigenvalue weighted by atomic mass is 35.6. The van der Waals surface area contributed by atoms with E-state index in [1.165, 1.54) is 7.11 Å². The van der Waals surface area contributed by atoms with E-state index < -0.39 is 7.59 Å². The summed E-state index contributed by atoms with van der Waals surface area (Å²) in [5.74, 6) is 0.221. The SMILES string of the molecule is COc1ccccc1Nc1nc(C(Cl)(Cl)Cl)nc(C(Cl)(Cl)Cl)n1. The second kappa shape index (κ2) is 7.21. The zero-order valence-electron chi connectivity index (χ0n) is 11.3. The Kier molecular flexibility index (Phi) is 5.93. The van der Waals surface area contributed by atoms with Crippen molar-refractivity contribution in [3.63, 3.8) is 0 Å². The molecule has 23 heavy (non-hydrogen) atoms. The molecule has 0 unspecified atom stereocenters. The van der Waals surface area contributed by atoms with E-state index in [0.717, 1.165) is 0 Å². The van der Waals surface area contributed by atoms with E-state index in [0.29, 0.717) is 11.4 Å². The van der Waals surface area contributed by atoms with Crippen molar-refractivity contribution in [1.29, 1.82) is 0 Å². The average Bonchev–Trinajstić information content (AvgIpc) is 2.45. The first-order chi connectivity index (χ1) is 10.6. The van der Waals surface area contributed by atoms with Crippen LogP contribution in [0.5, 0.6) is 5.75 Å². The van der Waals surface area contributed by atoms with Crippen molar-refractivity contribution in [2.24, 2.45) is 0 Å². The number of anilines is 2. The molecule has 0 aliphatic carbocycles. The van der Waals surface area contributed by atoms with Gasteiger partial charge in [0.2, 0.25) is 13.5 Å². The Hall–Kier alpha value is -0.430. The van der Waals surface area contributed by atoms with E-state index in [9.17, 15) is 0 Å². The van der Waals surface area contributed by atoms with Crippen molar-refractivity contribution in [3.8, 4) is 5.75 Å². The van der Waals surface area contributed by atoms with Crippen LogP contribution in [-0.4, -0.2) is 22.1 Å². The Morgan fingerprint density at radius 3 is 1.87 bits per heavy atom. The van der Waals surface area contributed by atoms with Gasteiger partial charge in [0, 0.05) is 0 Å². The fourth-order valence-electron chi connectivity index (χ4n) is 1.55. The topological polar surface area (TPSA) is 59.9 Å². The van der Waals surface area contributed by atoms with Crippen LogP contribution in [0, 0.1) is 0 Å². The normalized spacial score (nSPS) is 12.1. The van der Waals surface area contributed by atoms with Gasteiger partial charge in [-0.15, -0.1) is 0 Å². The lowest BCUT2D eigenvalue weighted by Gasteiger charge is -2.16. The van der Waals surface area contributed by atoms with E-state index in [4.69, 9.17) is 74.3 Å². The van der Waals surface area contributed by atoms with Crippen molar-refractivity contribution in [2.45, 2.75) is 7.59 Å². The maximum absolute atomic E-state index is 5.81. The first-order valence-corrected chi connectivity index (χ1v) is 8.18. The van der Waals surface area contributed by atoms with Crippen LogP contribution in [0.15, 0.2) is 24.3 Å². The van der Waals surface area contributed by atoms with E-state index in [2.05, 4.69) is 20.3 Å². The molecule has 0 radical (unpaired) electrons. The molecule has 1 heterocycles. The summed E-state index contributed by atoms with van der Waals surface area (Å²) in [6, 6.07) is 7.08. The quantitative estimate of drug-likeness (QED) is 0.663. The first-order valence-electron chi connectivity index (χ1n) is 5.92. The van der Waals surface area contributed by atoms with Gasteiger partial charge in [0.15, 0.2) is 11.6 Å². The summed E-state index contributed by atoms with van der Waals surface area (Å²) in [7, 11) is 1.52. The van der Waals surface area contributed by atoms with Gasteiger partial charge < -0.3 is 10.1 Å². The molecule has 2 aromatic rings. The van der Waals surface area contributed by atoms with Gasteiger partial charge >= 0.3 is 0 Å². The molecule has 0 amide bonds. The lowest BCUT2D eigenvalue weighted by molar-refractivity contribution is 0.417. The maximum atomic E-state index is 5.81. The van der Waals surface area contributed by atoms with Crippen molar-refractivity contribution in [1.82, 2.24) is 15.0 Å². The second-order valence-electron chi connectivity index (χ2n) is 4.13. The molecule has 0 atom stereocenters. The molecule has 0 saturated heterocycles. The number of nitrogens with one attached hydrogen (secondary N) is 1. The Morgan fingerprint density at radius 1 is 0.870 bits per heavy atom. The molecule has 0 spiro atoms. The van der Waals surface area contributed by atoms with Gasteiger partial charge in [-0.1, -0.05) is 81.7 Å². The van der Waals surface area contributed by atoms with Crippen LogP contribution in [0.4, 0.5) is 11.6 Å². The van der Waals surface area contributed by atoms with Crippen LogP contribution in [0.25, 0.3) is 0 Å². The molecule has 1 aromatic carbocycles. The minimum absolute atomic E-state index is 0.0344. The summed E-state index contributed by atoms with van der Waals surface area (Å²) < 4.78 is 1.40. The number of hydrogen-bond donors (Lipinski definition) is 1. The van der Waals surface area contributed by atoms with Crippen molar-refractivity contribution >= 4 is 81.2 Å². The molecular formula is C12H8Cl6N4O. The fraction of sp³-hybridized carbons (Fsp3) is 0.250. The number of rotatable bonds is 3. The highest BCUT2D eigenvalue weighted by Crippen LogP contribution is 2.40. The summed E-state index contributed by atoms with van der Waals surface area (Å²) in [6.45, 7) is 0. The molecule has 11 heteroatoms. The van der Waals surface area contributed by atoms with Gasteiger partial charge in [0.05, 0.1) is 12.8 Å². The first kappa shape index (κ1) is 18.9. The van der Waals surface area contributed by atoms with E-state index in [1.54, 1.807) is 24.3 Å². The molecule has 124 valence electrons. The minimum atomic E-state index is -1.91. The Bertz CT molecular complexity index is 668. The van der Waals surface area contributed by atoms with Crippen LogP contribution in [0.3, 0.4) is 0 Å². The summed E-state index contributed by atoms with van der Waals surface area (Å²) in [4.78, 5) is 11.9. The lowest BCUT2D eigenvalue weighted by Crippen LogP contribution is -2.17. The van der Waals surface area contributed by atoms with Crippen LogP contribution < -0.4 is 10.1 Å². The van der Waals surface area contributed by atoms with Crippen molar-refractivity contribution in [3.05, 3.63) is 35.9 Å². The molecule has 0 aliphatic heterocycles. The maximum Gasteiger partial charge on any atom is 0.250 e. The zero-order valence-corrected chi connectivity index (χ0v) is 15.9. The molecule has 0 saturated carbocycles. The van der Waals surface area contributed by atoms with Crippen LogP contribution >= 0.6 is 69.6 Å². The average molecular weight is 437 g/mol. The molecule has 1 aromatic heterocycles. The lowest BCUT2D eigenvalue weighted by atomic mass is 10.3. The fourth-order valence-corrected chi connectivity index (χ4v) is 2.06. The molecule has 0 aliphatic rings. The number of aromatic nitrogens is 3. The number of para-hydroxylation sites is 2. The number of alkyl halides is 6. The standard InChI is InChI=1S/C12H8Cl6N4O/c1-23-7-5-3-2-4-6(7)19-10-21-8(11(13,14)15)20-9(22-10)12(16,17)18/h2-5H,1H3,(H,19,20,21,22). The number of nitrogens with zero attached hydrogens (tertiary/aromatic N) is 3. The summed E-state index contributed by atoms with van der Waals surface area (Å²) in [5.41, 5.74) is 0.576. The van der Waals surface area contributed by atoms with Crippen molar-refractivity contribution < 1.29 is 4.74 Å². The van der Waals surface area contributed by atoms with Gasteiger partial charge in [0.1, 0.15) is 5.75 Å². The van der Waals surface area contributed by atoms with Crippen LogP contribution in [-0.2, 0) is 7.59 Å². The Morgan fingerprint density at radius 2 is 1.39 bits per heavy atom. The van der Waals surface area contributed by atoms with E-state index in [1.807, 2.05) is 0 Å². The third-order valence-electron chi connectivity index (χ3n) is 2.50. The summed E-state index contributed by atoms with van der Waals surface area (Å²) in [6.07, 6.45) is 0. The van der Waals surface area contributed by atoms with E-state index >= 15 is 0 Å². The minimum Gasteiger partial charge on any atom is -0.495 e. The smallest absolute Gasteiger partial charge is 0.250 e. The number of hydrogen-bond acceptors (Lipinski definition) is 5. The molecular weight excluding hydrogens is 429 g/mol. The van der Waals surface area contributed by atoms with Gasteiger partial charge in [-0.3, -0.25) is 0 Å². The zero-order chi connectivity index (χ0) is 17.3. The molecule has 0 fully saturated rings. The molecule has 2 rings (SSSR count). The van der Waals surface area contributed by atoms with Crippen LogP contribution in [0.1, 0.15) is 11.6 Å². The number of benzene rings is 1. The third-order valence-corrected chi connectivity index (χ3v) is 3.51. The highest BCUT2D eigenvalue weighted by Gasteiger charge is 2.34. The number of halogens is 6. The monoisotopic (exact) mass is 434 g/mol. The third kappa shape index (κ3) is 5.02. The van der Waals surface area contributed by atoms with Crippen LogP contribution in [0.2, 0.25) is 0 Å². The van der Waals surface area contributed by atoms with E-state index in [-0.39, 0.29) is 17.6 Å². The largest absolute Gasteiger partial charge is 0.495 e. The number of methoxy groups -OCH3 is 1. The van der Waals surface area contributed by atoms with Gasteiger partial charge in [-0.2, -0.15) is 9.97 Å². The summed E-state index contributed by atoms with van der Waals surface area (Å²) >= 11 is 34.9. The number of ether oxygens (including phenoxy) is 1. The Labute approximate surface area is 162 Å². The predicted octanol–water partition coefficient (Wildman–Crippen LogP) is 5.28. The molecule has 1 N–H and O–H groups in total. The van der Waals surface area contributed by atoms with Gasteiger partial charge in [0.25, 0.3) is 0 Å². The molecule has 0 bridgehead atoms.